The van der Waals surface area contributed by atoms with Crippen LogP contribution in [0.15, 0.2) is 60.9 Å². The standard InChI is InChI=1S/C33H40N6O4/c1-23(13-16-35-31(40)30-24(2)36-22-37-25(30)3)38-17-14-28(15-18-38)39(21-27-10-8-9-26(19-27)20-34)32(33(41)42-4)43-29-11-6-5-7-12-29/h5-12,19,22-23,28,32H,13-18,21H2,1-4H3,(H,35,40). The largest absolute Gasteiger partial charge is 0.465 e. The van der Waals surface area contributed by atoms with Gasteiger partial charge in [0.1, 0.15) is 12.1 Å². The number of aromatic nitrogens is 2. The molecule has 1 saturated heterocycles. The molecule has 2 atom stereocenters. The van der Waals surface area contributed by atoms with Crippen molar-refractivity contribution in [3.63, 3.8) is 0 Å². The number of ether oxygens (including phenoxy) is 2. The second-order valence-electron chi connectivity index (χ2n) is 10.9. The van der Waals surface area contributed by atoms with E-state index in [0.717, 1.165) is 37.9 Å². The van der Waals surface area contributed by atoms with Gasteiger partial charge in [0.05, 0.1) is 35.7 Å². The Morgan fingerprint density at radius 3 is 2.44 bits per heavy atom. The Balaban J connectivity index is 1.42. The molecule has 1 amide bonds. The number of nitrogens with zero attached hydrogens (tertiary/aromatic N) is 5. The number of methoxy groups -OCH3 is 1. The summed E-state index contributed by atoms with van der Waals surface area (Å²) in [5, 5.41) is 12.5. The average Bonchev–Trinajstić information content (AvgIpc) is 3.03. The number of nitriles is 1. The van der Waals surface area contributed by atoms with Gasteiger partial charge in [-0.1, -0.05) is 30.3 Å². The van der Waals surface area contributed by atoms with Gasteiger partial charge in [-0.05, 0) is 83.0 Å². The molecule has 0 radical (unpaired) electrons. The zero-order chi connectivity index (χ0) is 30.8. The first-order valence-corrected chi connectivity index (χ1v) is 14.7. The van der Waals surface area contributed by atoms with Crippen molar-refractivity contribution in [1.82, 2.24) is 25.1 Å². The van der Waals surface area contributed by atoms with Crippen LogP contribution in [0, 0.1) is 25.2 Å². The van der Waals surface area contributed by atoms with E-state index < -0.39 is 12.2 Å². The molecule has 43 heavy (non-hydrogen) atoms. The number of amides is 1. The number of para-hydroxylation sites is 1. The third kappa shape index (κ3) is 8.37. The molecule has 4 rings (SSSR count). The topological polar surface area (TPSA) is 121 Å². The lowest BCUT2D eigenvalue weighted by molar-refractivity contribution is -0.162. The molecule has 1 aliphatic rings. The monoisotopic (exact) mass is 584 g/mol. The Morgan fingerprint density at radius 1 is 1.09 bits per heavy atom. The number of carbonyl (C=O) groups excluding carboxylic acids is 2. The van der Waals surface area contributed by atoms with Gasteiger partial charge in [-0.3, -0.25) is 9.69 Å². The lowest BCUT2D eigenvalue weighted by Crippen LogP contribution is -2.54. The summed E-state index contributed by atoms with van der Waals surface area (Å²) < 4.78 is 11.4. The summed E-state index contributed by atoms with van der Waals surface area (Å²) in [5.74, 6) is -0.0414. The van der Waals surface area contributed by atoms with E-state index >= 15 is 0 Å². The van der Waals surface area contributed by atoms with Gasteiger partial charge in [0, 0.05) is 25.2 Å². The van der Waals surface area contributed by atoms with Crippen molar-refractivity contribution in [3.05, 3.63) is 89.0 Å². The number of rotatable bonds is 12. The van der Waals surface area contributed by atoms with Gasteiger partial charge < -0.3 is 19.7 Å². The molecule has 0 aliphatic carbocycles. The summed E-state index contributed by atoms with van der Waals surface area (Å²) in [5.41, 5.74) is 3.37. The van der Waals surface area contributed by atoms with E-state index in [2.05, 4.69) is 38.1 Å². The number of carbonyl (C=O) groups is 2. The van der Waals surface area contributed by atoms with E-state index in [1.54, 1.807) is 6.07 Å². The van der Waals surface area contributed by atoms with Crippen LogP contribution in [0.5, 0.6) is 5.75 Å². The number of esters is 1. The summed E-state index contributed by atoms with van der Waals surface area (Å²) in [7, 11) is 1.37. The van der Waals surface area contributed by atoms with Crippen molar-refractivity contribution in [2.24, 2.45) is 0 Å². The van der Waals surface area contributed by atoms with Gasteiger partial charge in [-0.15, -0.1) is 0 Å². The van der Waals surface area contributed by atoms with Crippen molar-refractivity contribution in [2.45, 2.75) is 64.9 Å². The molecule has 0 saturated carbocycles. The molecule has 1 fully saturated rings. The van der Waals surface area contributed by atoms with Gasteiger partial charge in [0.25, 0.3) is 12.1 Å². The maximum atomic E-state index is 13.1. The first-order chi connectivity index (χ1) is 20.8. The van der Waals surface area contributed by atoms with Crippen molar-refractivity contribution in [1.29, 1.82) is 5.26 Å². The highest BCUT2D eigenvalue weighted by Crippen LogP contribution is 2.26. The van der Waals surface area contributed by atoms with Crippen LogP contribution in [0.3, 0.4) is 0 Å². The highest BCUT2D eigenvalue weighted by atomic mass is 16.6. The molecule has 2 unspecified atom stereocenters. The third-order valence-electron chi connectivity index (χ3n) is 8.01. The first kappa shape index (κ1) is 31.6. The van der Waals surface area contributed by atoms with Gasteiger partial charge >= 0.3 is 5.97 Å². The van der Waals surface area contributed by atoms with Crippen LogP contribution >= 0.6 is 0 Å². The Labute approximate surface area is 253 Å². The second kappa shape index (κ2) is 15.2. The number of hydrogen-bond donors (Lipinski definition) is 1. The molecular weight excluding hydrogens is 544 g/mol. The highest BCUT2D eigenvalue weighted by molar-refractivity contribution is 5.96. The van der Waals surface area contributed by atoms with Crippen LogP contribution in [-0.4, -0.2) is 76.7 Å². The van der Waals surface area contributed by atoms with E-state index in [1.807, 2.05) is 62.4 Å². The SMILES string of the molecule is COC(=O)C(Oc1ccccc1)N(Cc1cccc(C#N)c1)C1CCN(C(C)CCNC(=O)c2c(C)ncnc2C)CC1. The molecule has 1 aromatic heterocycles. The zero-order valence-corrected chi connectivity index (χ0v) is 25.3. The quantitative estimate of drug-likeness (QED) is 0.249. The Bertz CT molecular complexity index is 1400. The fourth-order valence-electron chi connectivity index (χ4n) is 5.58. The molecule has 10 heteroatoms. The minimum absolute atomic E-state index is 0.0470. The van der Waals surface area contributed by atoms with Crippen molar-refractivity contribution >= 4 is 11.9 Å². The second-order valence-corrected chi connectivity index (χ2v) is 10.9. The molecule has 2 aromatic carbocycles. The highest BCUT2D eigenvalue weighted by Gasteiger charge is 2.36. The molecule has 2 heterocycles. The summed E-state index contributed by atoms with van der Waals surface area (Å²) >= 11 is 0. The number of piperidine rings is 1. The summed E-state index contributed by atoms with van der Waals surface area (Å²) in [6.07, 6.45) is 2.96. The molecule has 226 valence electrons. The van der Waals surface area contributed by atoms with Crippen LogP contribution in [0.2, 0.25) is 0 Å². The lowest BCUT2D eigenvalue weighted by Gasteiger charge is -2.42. The van der Waals surface area contributed by atoms with Crippen LogP contribution in [0.4, 0.5) is 0 Å². The van der Waals surface area contributed by atoms with E-state index in [4.69, 9.17) is 9.47 Å². The molecule has 0 bridgehead atoms. The lowest BCUT2D eigenvalue weighted by atomic mass is 9.99. The molecule has 10 nitrogen and oxygen atoms in total. The number of likely N-dealkylation sites (tertiary alicyclic amines) is 1. The van der Waals surface area contributed by atoms with Gasteiger partial charge in [0.15, 0.2) is 0 Å². The average molecular weight is 585 g/mol. The van der Waals surface area contributed by atoms with Crippen LogP contribution in [-0.2, 0) is 16.1 Å². The van der Waals surface area contributed by atoms with Crippen molar-refractivity contribution in [3.8, 4) is 11.8 Å². The Morgan fingerprint density at radius 2 is 1.79 bits per heavy atom. The molecule has 3 aromatic rings. The fraction of sp³-hybridized carbons (Fsp3) is 0.424. The van der Waals surface area contributed by atoms with Crippen LogP contribution < -0.4 is 10.1 Å². The Hall–Kier alpha value is -4.33. The first-order valence-electron chi connectivity index (χ1n) is 14.7. The molecule has 0 spiro atoms. The minimum atomic E-state index is -0.948. The fourth-order valence-corrected chi connectivity index (χ4v) is 5.58. The third-order valence-corrected chi connectivity index (χ3v) is 8.01. The number of aryl methyl sites for hydroxylation is 2. The van der Waals surface area contributed by atoms with Gasteiger partial charge in [0.2, 0.25) is 0 Å². The van der Waals surface area contributed by atoms with E-state index in [0.29, 0.717) is 41.4 Å². The predicted molar refractivity (Wildman–Crippen MR) is 162 cm³/mol. The van der Waals surface area contributed by atoms with E-state index in [-0.39, 0.29) is 18.0 Å². The van der Waals surface area contributed by atoms with Crippen molar-refractivity contribution in [2.75, 3.05) is 26.7 Å². The van der Waals surface area contributed by atoms with Gasteiger partial charge in [-0.2, -0.15) is 5.26 Å². The van der Waals surface area contributed by atoms with Crippen LogP contribution in [0.25, 0.3) is 0 Å². The maximum absolute atomic E-state index is 13.1. The van der Waals surface area contributed by atoms with E-state index in [1.165, 1.54) is 13.4 Å². The van der Waals surface area contributed by atoms with Crippen LogP contribution in [0.1, 0.15) is 59.1 Å². The Kier molecular flexibility index (Phi) is 11.2. The number of hydrogen-bond acceptors (Lipinski definition) is 9. The zero-order valence-electron chi connectivity index (χ0n) is 25.3. The molecule has 1 aliphatic heterocycles. The van der Waals surface area contributed by atoms with Gasteiger partial charge in [-0.25, -0.2) is 14.8 Å². The smallest absolute Gasteiger partial charge is 0.363 e. The van der Waals surface area contributed by atoms with E-state index in [9.17, 15) is 14.9 Å². The normalized spacial score (nSPS) is 15.3. The summed E-state index contributed by atoms with van der Waals surface area (Å²) in [6.45, 7) is 8.44. The molecular formula is C33H40N6O4. The predicted octanol–water partition coefficient (Wildman–Crippen LogP) is 4.02. The number of nitrogens with one attached hydrogen (secondary N) is 1. The number of benzene rings is 2. The molecule has 1 N–H and O–H groups in total. The maximum Gasteiger partial charge on any atom is 0.363 e. The minimum Gasteiger partial charge on any atom is -0.465 e. The van der Waals surface area contributed by atoms with Crippen molar-refractivity contribution < 1.29 is 19.1 Å². The summed E-state index contributed by atoms with van der Waals surface area (Å²) in [4.78, 5) is 38.6. The summed E-state index contributed by atoms with van der Waals surface area (Å²) in [6, 6.07) is 19.2.